The fraction of sp³-hybridized carbons (Fsp3) is 0.600. The molecule has 1 saturated heterocycles. The van der Waals surface area contributed by atoms with Gasteiger partial charge in [0.25, 0.3) is 0 Å². The SMILES string of the molecule is CNCC1CCN(C(C)c2ccc(Cl)cc2Cl)CC1. The Morgan fingerprint density at radius 1 is 1.32 bits per heavy atom. The van der Waals surface area contributed by atoms with E-state index in [1.165, 1.54) is 18.4 Å². The van der Waals surface area contributed by atoms with Crippen LogP contribution in [0.4, 0.5) is 0 Å². The molecule has 0 aliphatic carbocycles. The van der Waals surface area contributed by atoms with Crippen molar-refractivity contribution in [2.45, 2.75) is 25.8 Å². The summed E-state index contributed by atoms with van der Waals surface area (Å²) in [5, 5.41) is 4.75. The number of benzene rings is 1. The van der Waals surface area contributed by atoms with Gasteiger partial charge in [0, 0.05) is 16.1 Å². The van der Waals surface area contributed by atoms with Crippen LogP contribution in [-0.2, 0) is 0 Å². The van der Waals surface area contributed by atoms with Crippen LogP contribution >= 0.6 is 23.2 Å². The number of nitrogens with zero attached hydrogens (tertiary/aromatic N) is 1. The van der Waals surface area contributed by atoms with E-state index in [1.54, 1.807) is 0 Å². The number of halogens is 2. The Labute approximate surface area is 126 Å². The maximum absolute atomic E-state index is 6.30. The summed E-state index contributed by atoms with van der Waals surface area (Å²) in [6.07, 6.45) is 2.52. The lowest BCUT2D eigenvalue weighted by atomic mass is 9.94. The molecule has 1 aromatic carbocycles. The summed E-state index contributed by atoms with van der Waals surface area (Å²) in [6, 6.07) is 6.17. The zero-order chi connectivity index (χ0) is 13.8. The standard InChI is InChI=1S/C15H22Cl2N2/c1-11(14-4-3-13(16)9-15(14)17)19-7-5-12(6-8-19)10-18-2/h3-4,9,11-12,18H,5-8,10H2,1-2H3. The average molecular weight is 301 g/mol. The van der Waals surface area contributed by atoms with Crippen molar-refractivity contribution in [1.82, 2.24) is 10.2 Å². The monoisotopic (exact) mass is 300 g/mol. The first-order valence-corrected chi connectivity index (χ1v) is 7.71. The van der Waals surface area contributed by atoms with Crippen LogP contribution in [0.3, 0.4) is 0 Å². The van der Waals surface area contributed by atoms with E-state index >= 15 is 0 Å². The third-order valence-electron chi connectivity index (χ3n) is 4.10. The van der Waals surface area contributed by atoms with Crippen LogP contribution in [-0.4, -0.2) is 31.6 Å². The van der Waals surface area contributed by atoms with Crippen molar-refractivity contribution in [2.75, 3.05) is 26.7 Å². The summed E-state index contributed by atoms with van der Waals surface area (Å²) in [5.41, 5.74) is 1.18. The maximum Gasteiger partial charge on any atom is 0.0468 e. The fourth-order valence-corrected chi connectivity index (χ4v) is 3.44. The second-order valence-corrected chi connectivity index (χ2v) is 6.22. The van der Waals surface area contributed by atoms with Crippen molar-refractivity contribution < 1.29 is 0 Å². The second kappa shape index (κ2) is 6.94. The lowest BCUT2D eigenvalue weighted by molar-refractivity contribution is 0.141. The number of likely N-dealkylation sites (tertiary alicyclic amines) is 1. The third-order valence-corrected chi connectivity index (χ3v) is 4.66. The lowest BCUT2D eigenvalue weighted by Gasteiger charge is -2.36. The number of hydrogen-bond donors (Lipinski definition) is 1. The van der Waals surface area contributed by atoms with Crippen LogP contribution < -0.4 is 5.32 Å². The Bertz CT molecular complexity index is 415. The Hall–Kier alpha value is -0.280. The average Bonchev–Trinajstić information content (AvgIpc) is 2.39. The van der Waals surface area contributed by atoms with Gasteiger partial charge in [0.2, 0.25) is 0 Å². The van der Waals surface area contributed by atoms with Crippen molar-refractivity contribution >= 4 is 23.2 Å². The first kappa shape index (κ1) is 15.1. The largest absolute Gasteiger partial charge is 0.319 e. The zero-order valence-electron chi connectivity index (χ0n) is 11.6. The molecule has 1 aromatic rings. The molecule has 19 heavy (non-hydrogen) atoms. The molecule has 1 aliphatic heterocycles. The highest BCUT2D eigenvalue weighted by Gasteiger charge is 2.24. The molecule has 0 radical (unpaired) electrons. The summed E-state index contributed by atoms with van der Waals surface area (Å²) >= 11 is 12.3. The summed E-state index contributed by atoms with van der Waals surface area (Å²) in [6.45, 7) is 5.65. The summed E-state index contributed by atoms with van der Waals surface area (Å²) in [7, 11) is 2.03. The van der Waals surface area contributed by atoms with E-state index in [0.29, 0.717) is 11.1 Å². The van der Waals surface area contributed by atoms with Gasteiger partial charge in [-0.15, -0.1) is 0 Å². The Morgan fingerprint density at radius 3 is 2.58 bits per heavy atom. The second-order valence-electron chi connectivity index (χ2n) is 5.38. The van der Waals surface area contributed by atoms with Gasteiger partial charge in [0.05, 0.1) is 0 Å². The Morgan fingerprint density at radius 2 is 2.00 bits per heavy atom. The molecule has 0 amide bonds. The van der Waals surface area contributed by atoms with Gasteiger partial charge in [-0.2, -0.15) is 0 Å². The van der Waals surface area contributed by atoms with E-state index in [9.17, 15) is 0 Å². The van der Waals surface area contributed by atoms with E-state index in [1.807, 2.05) is 19.2 Å². The maximum atomic E-state index is 6.30. The molecule has 106 valence electrons. The van der Waals surface area contributed by atoms with E-state index < -0.39 is 0 Å². The number of nitrogens with one attached hydrogen (secondary N) is 1. The van der Waals surface area contributed by atoms with Crippen molar-refractivity contribution in [3.05, 3.63) is 33.8 Å². The summed E-state index contributed by atoms with van der Waals surface area (Å²) in [5.74, 6) is 0.814. The van der Waals surface area contributed by atoms with Crippen molar-refractivity contribution in [1.29, 1.82) is 0 Å². The zero-order valence-corrected chi connectivity index (χ0v) is 13.1. The minimum Gasteiger partial charge on any atom is -0.319 e. The van der Waals surface area contributed by atoms with Gasteiger partial charge in [-0.1, -0.05) is 29.3 Å². The smallest absolute Gasteiger partial charge is 0.0468 e. The van der Waals surface area contributed by atoms with Crippen LogP contribution in [0.15, 0.2) is 18.2 Å². The molecule has 0 saturated carbocycles. The molecule has 1 fully saturated rings. The van der Waals surface area contributed by atoms with Crippen LogP contribution in [0.5, 0.6) is 0 Å². The molecule has 2 nitrogen and oxygen atoms in total. The number of rotatable bonds is 4. The summed E-state index contributed by atoms with van der Waals surface area (Å²) < 4.78 is 0. The first-order valence-electron chi connectivity index (χ1n) is 6.95. The molecule has 1 aliphatic rings. The lowest BCUT2D eigenvalue weighted by Crippen LogP contribution is -2.38. The Kier molecular flexibility index (Phi) is 5.52. The summed E-state index contributed by atoms with van der Waals surface area (Å²) in [4.78, 5) is 2.52. The van der Waals surface area contributed by atoms with E-state index in [2.05, 4.69) is 23.2 Å². The Balaban J connectivity index is 1.99. The molecule has 1 N–H and O–H groups in total. The van der Waals surface area contributed by atoms with Gasteiger partial charge in [-0.05, 0) is 70.1 Å². The van der Waals surface area contributed by atoms with Gasteiger partial charge >= 0.3 is 0 Å². The van der Waals surface area contributed by atoms with Crippen LogP contribution in [0, 0.1) is 5.92 Å². The molecule has 1 heterocycles. The minimum atomic E-state index is 0.361. The van der Waals surface area contributed by atoms with E-state index in [0.717, 1.165) is 30.6 Å². The molecular weight excluding hydrogens is 279 g/mol. The molecule has 4 heteroatoms. The van der Waals surface area contributed by atoms with Crippen molar-refractivity contribution in [3.63, 3.8) is 0 Å². The van der Waals surface area contributed by atoms with Gasteiger partial charge < -0.3 is 5.32 Å². The van der Waals surface area contributed by atoms with E-state index in [4.69, 9.17) is 23.2 Å². The van der Waals surface area contributed by atoms with Gasteiger partial charge in [-0.3, -0.25) is 4.90 Å². The predicted molar refractivity (Wildman–Crippen MR) is 83.1 cm³/mol. The van der Waals surface area contributed by atoms with Crippen LogP contribution in [0.1, 0.15) is 31.4 Å². The predicted octanol–water partition coefficient (Wildman–Crippen LogP) is 3.99. The normalized spacial score (nSPS) is 19.6. The van der Waals surface area contributed by atoms with Gasteiger partial charge in [-0.25, -0.2) is 0 Å². The number of piperidine rings is 1. The quantitative estimate of drug-likeness (QED) is 0.904. The highest BCUT2D eigenvalue weighted by atomic mass is 35.5. The molecule has 2 rings (SSSR count). The molecule has 0 aromatic heterocycles. The van der Waals surface area contributed by atoms with Crippen molar-refractivity contribution in [3.8, 4) is 0 Å². The first-order chi connectivity index (χ1) is 9.11. The topological polar surface area (TPSA) is 15.3 Å². The highest BCUT2D eigenvalue weighted by molar-refractivity contribution is 6.35. The van der Waals surface area contributed by atoms with Crippen LogP contribution in [0.2, 0.25) is 10.0 Å². The van der Waals surface area contributed by atoms with Gasteiger partial charge in [0.1, 0.15) is 0 Å². The van der Waals surface area contributed by atoms with Crippen molar-refractivity contribution in [2.24, 2.45) is 5.92 Å². The fourth-order valence-electron chi connectivity index (χ4n) is 2.87. The van der Waals surface area contributed by atoms with Crippen LogP contribution in [0.25, 0.3) is 0 Å². The number of hydrogen-bond acceptors (Lipinski definition) is 2. The highest BCUT2D eigenvalue weighted by Crippen LogP contribution is 2.32. The van der Waals surface area contributed by atoms with E-state index in [-0.39, 0.29) is 0 Å². The molecule has 1 unspecified atom stereocenters. The minimum absolute atomic E-state index is 0.361. The molecular formula is C15H22Cl2N2. The molecule has 1 atom stereocenters. The molecule has 0 spiro atoms. The third kappa shape index (κ3) is 3.85. The molecule has 0 bridgehead atoms. The van der Waals surface area contributed by atoms with Gasteiger partial charge in [0.15, 0.2) is 0 Å².